The van der Waals surface area contributed by atoms with E-state index in [1.54, 1.807) is 35.2 Å². The number of hydrogen-bond donors (Lipinski definition) is 0. The van der Waals surface area contributed by atoms with Crippen molar-refractivity contribution >= 4 is 46.0 Å². The molecular formula is C31H30Cl2FN5O2. The van der Waals surface area contributed by atoms with Crippen LogP contribution in [-0.4, -0.2) is 75.3 Å². The molecule has 0 bridgehead atoms. The summed E-state index contributed by atoms with van der Waals surface area (Å²) in [4.78, 5) is 37.4. The van der Waals surface area contributed by atoms with Gasteiger partial charge in [0.05, 0.1) is 39.1 Å². The fourth-order valence-corrected chi connectivity index (χ4v) is 6.27. The van der Waals surface area contributed by atoms with Crippen molar-refractivity contribution in [2.24, 2.45) is 5.92 Å². The number of para-hydroxylation sites is 2. The van der Waals surface area contributed by atoms with Crippen LogP contribution in [0.2, 0.25) is 10.0 Å². The average Bonchev–Trinajstić information content (AvgIpc) is 3.36. The van der Waals surface area contributed by atoms with Crippen LogP contribution in [-0.2, 0) is 11.3 Å². The fraction of sp³-hybridized carbons (Fsp3) is 0.323. The van der Waals surface area contributed by atoms with Gasteiger partial charge < -0.3 is 9.80 Å². The highest BCUT2D eigenvalue weighted by Crippen LogP contribution is 2.28. The Kier molecular flexibility index (Phi) is 7.97. The molecule has 2 saturated heterocycles. The smallest absolute Gasteiger partial charge is 0.255 e. The number of carbonyl (C=O) groups excluding carboxylic acids is 2. The molecular weight excluding hydrogens is 564 g/mol. The lowest BCUT2D eigenvalue weighted by Crippen LogP contribution is -2.53. The maximum absolute atomic E-state index is 13.7. The van der Waals surface area contributed by atoms with Gasteiger partial charge in [-0.1, -0.05) is 41.4 Å². The van der Waals surface area contributed by atoms with Crippen molar-refractivity contribution in [2.45, 2.75) is 19.4 Å². The predicted molar refractivity (Wildman–Crippen MR) is 158 cm³/mol. The lowest BCUT2D eigenvalue weighted by Gasteiger charge is -2.39. The van der Waals surface area contributed by atoms with Gasteiger partial charge in [0.1, 0.15) is 11.6 Å². The van der Waals surface area contributed by atoms with Crippen LogP contribution in [0.4, 0.5) is 4.39 Å². The molecule has 1 aromatic heterocycles. The Labute approximate surface area is 248 Å². The maximum Gasteiger partial charge on any atom is 0.255 e. The molecule has 10 heteroatoms. The van der Waals surface area contributed by atoms with Crippen molar-refractivity contribution in [3.05, 3.63) is 94.0 Å². The molecule has 6 rings (SSSR count). The summed E-state index contributed by atoms with van der Waals surface area (Å²) < 4.78 is 15.7. The Morgan fingerprint density at radius 1 is 0.878 bits per heavy atom. The van der Waals surface area contributed by atoms with E-state index in [0.29, 0.717) is 49.9 Å². The van der Waals surface area contributed by atoms with Crippen LogP contribution in [0, 0.1) is 11.7 Å². The van der Waals surface area contributed by atoms with Gasteiger partial charge in [-0.25, -0.2) is 9.37 Å². The van der Waals surface area contributed by atoms with E-state index in [0.717, 1.165) is 41.9 Å². The van der Waals surface area contributed by atoms with E-state index in [2.05, 4.69) is 9.47 Å². The summed E-state index contributed by atoms with van der Waals surface area (Å²) in [6.07, 6.45) is 1.75. The van der Waals surface area contributed by atoms with Crippen molar-refractivity contribution in [3.8, 4) is 5.69 Å². The summed E-state index contributed by atoms with van der Waals surface area (Å²) in [5, 5.41) is 0.606. The second-order valence-corrected chi connectivity index (χ2v) is 11.4. The maximum atomic E-state index is 13.7. The second-order valence-electron chi connectivity index (χ2n) is 10.6. The highest BCUT2D eigenvalue weighted by atomic mass is 35.5. The molecule has 41 heavy (non-hydrogen) atoms. The number of piperidine rings is 1. The molecule has 0 aliphatic carbocycles. The fourth-order valence-electron chi connectivity index (χ4n) is 5.89. The summed E-state index contributed by atoms with van der Waals surface area (Å²) in [6, 6.07) is 19.4. The number of aromatic nitrogens is 2. The highest BCUT2D eigenvalue weighted by molar-refractivity contribution is 6.43. The second kappa shape index (κ2) is 11.8. The summed E-state index contributed by atoms with van der Waals surface area (Å²) in [6.45, 7) is 3.97. The quantitative estimate of drug-likeness (QED) is 0.299. The number of nitrogens with zero attached hydrogens (tertiary/aromatic N) is 5. The molecule has 3 aromatic carbocycles. The Morgan fingerprint density at radius 3 is 2.39 bits per heavy atom. The van der Waals surface area contributed by atoms with E-state index in [1.807, 2.05) is 29.2 Å². The van der Waals surface area contributed by atoms with Gasteiger partial charge in [0.15, 0.2) is 0 Å². The molecule has 4 aromatic rings. The van der Waals surface area contributed by atoms with Crippen molar-refractivity contribution in [3.63, 3.8) is 0 Å². The molecule has 2 aliphatic heterocycles. The number of amides is 2. The molecule has 0 spiro atoms. The molecule has 1 atom stereocenters. The molecule has 0 saturated carbocycles. The van der Waals surface area contributed by atoms with Gasteiger partial charge in [-0.05, 0) is 67.9 Å². The van der Waals surface area contributed by atoms with Crippen LogP contribution in [0.3, 0.4) is 0 Å². The number of benzene rings is 3. The Bertz CT molecular complexity index is 1580. The number of piperazine rings is 1. The number of hydrogen-bond acceptors (Lipinski definition) is 4. The van der Waals surface area contributed by atoms with E-state index in [-0.39, 0.29) is 28.6 Å². The Morgan fingerprint density at radius 2 is 1.61 bits per heavy atom. The third-order valence-corrected chi connectivity index (χ3v) is 8.81. The zero-order chi connectivity index (χ0) is 28.5. The number of fused-ring (bicyclic) bond motifs is 1. The average molecular weight is 595 g/mol. The minimum Gasteiger partial charge on any atom is -0.339 e. The highest BCUT2D eigenvalue weighted by Gasteiger charge is 2.33. The van der Waals surface area contributed by atoms with Gasteiger partial charge in [0.25, 0.3) is 5.91 Å². The standard InChI is InChI=1S/C31H30Cl2FN5O2/c32-25-7-3-6-24(29(25)33)31(41)38-17-15-37(16-18-38)30(40)21-5-4-14-36(19-21)20-28-35-26-8-1-2-9-27(26)39(28)23-12-10-22(34)11-13-23/h1-3,6-13,21H,4-5,14-20H2/t21-/m1/s1. The van der Waals surface area contributed by atoms with Crippen LogP contribution in [0.5, 0.6) is 0 Å². The molecule has 212 valence electrons. The first-order valence-corrected chi connectivity index (χ1v) is 14.6. The first-order chi connectivity index (χ1) is 19.9. The van der Waals surface area contributed by atoms with Crippen LogP contribution < -0.4 is 0 Å². The normalized spacial score (nSPS) is 18.2. The van der Waals surface area contributed by atoms with Gasteiger partial charge in [-0.3, -0.25) is 19.1 Å². The molecule has 0 N–H and O–H groups in total. The van der Waals surface area contributed by atoms with Crippen LogP contribution in [0.25, 0.3) is 16.7 Å². The van der Waals surface area contributed by atoms with Gasteiger partial charge in [0.2, 0.25) is 5.91 Å². The molecule has 2 amide bonds. The van der Waals surface area contributed by atoms with Gasteiger partial charge in [-0.2, -0.15) is 0 Å². The van der Waals surface area contributed by atoms with Crippen LogP contribution in [0.1, 0.15) is 29.0 Å². The number of rotatable bonds is 5. The van der Waals surface area contributed by atoms with E-state index >= 15 is 0 Å². The first-order valence-electron chi connectivity index (χ1n) is 13.9. The Balaban J connectivity index is 1.12. The van der Waals surface area contributed by atoms with Crippen molar-refractivity contribution in [2.75, 3.05) is 39.3 Å². The number of imidazole rings is 1. The number of carbonyl (C=O) groups is 2. The minimum absolute atomic E-state index is 0.114. The van der Waals surface area contributed by atoms with Gasteiger partial charge in [0, 0.05) is 38.4 Å². The lowest BCUT2D eigenvalue weighted by molar-refractivity contribution is -0.139. The van der Waals surface area contributed by atoms with Crippen LogP contribution >= 0.6 is 23.2 Å². The molecule has 3 heterocycles. The molecule has 2 fully saturated rings. The van der Waals surface area contributed by atoms with E-state index < -0.39 is 0 Å². The topological polar surface area (TPSA) is 61.7 Å². The number of halogens is 3. The summed E-state index contributed by atoms with van der Waals surface area (Å²) in [5.41, 5.74) is 3.08. The Hall–Kier alpha value is -3.46. The van der Waals surface area contributed by atoms with E-state index in [4.69, 9.17) is 28.2 Å². The summed E-state index contributed by atoms with van der Waals surface area (Å²) in [7, 11) is 0. The largest absolute Gasteiger partial charge is 0.339 e. The monoisotopic (exact) mass is 593 g/mol. The number of likely N-dealkylation sites (tertiary alicyclic amines) is 1. The zero-order valence-corrected chi connectivity index (χ0v) is 24.0. The third-order valence-electron chi connectivity index (χ3n) is 8.00. The SMILES string of the molecule is O=C(c1cccc(Cl)c1Cl)N1CCN(C(=O)[C@@H]2CCCN(Cc3nc4ccccc4n3-c3ccc(F)cc3)C2)CC1. The molecule has 7 nitrogen and oxygen atoms in total. The third kappa shape index (κ3) is 5.69. The van der Waals surface area contributed by atoms with Crippen LogP contribution in [0.15, 0.2) is 66.7 Å². The molecule has 2 aliphatic rings. The van der Waals surface area contributed by atoms with Crippen molar-refractivity contribution in [1.29, 1.82) is 0 Å². The van der Waals surface area contributed by atoms with Gasteiger partial charge in [-0.15, -0.1) is 0 Å². The predicted octanol–water partition coefficient (Wildman–Crippen LogP) is 5.67. The van der Waals surface area contributed by atoms with Crippen molar-refractivity contribution in [1.82, 2.24) is 24.3 Å². The molecule has 0 unspecified atom stereocenters. The summed E-state index contributed by atoms with van der Waals surface area (Å²) >= 11 is 12.4. The first kappa shape index (κ1) is 27.7. The van der Waals surface area contributed by atoms with E-state index in [1.165, 1.54) is 12.1 Å². The van der Waals surface area contributed by atoms with Gasteiger partial charge >= 0.3 is 0 Å². The minimum atomic E-state index is -0.282. The lowest BCUT2D eigenvalue weighted by atomic mass is 9.96. The summed E-state index contributed by atoms with van der Waals surface area (Å²) in [5.74, 6) is 0.428. The van der Waals surface area contributed by atoms with Crippen molar-refractivity contribution < 1.29 is 14.0 Å². The van der Waals surface area contributed by atoms with E-state index in [9.17, 15) is 14.0 Å². The molecule has 0 radical (unpaired) electrons. The zero-order valence-electron chi connectivity index (χ0n) is 22.5.